The van der Waals surface area contributed by atoms with Crippen molar-refractivity contribution in [2.24, 2.45) is 5.92 Å². The molecule has 1 amide bonds. The third-order valence-corrected chi connectivity index (χ3v) is 8.23. The third-order valence-electron chi connectivity index (χ3n) is 7.19. The molecular formula is C31H27N5OS. The number of allylic oxidation sites excluding steroid dienone is 5. The summed E-state index contributed by atoms with van der Waals surface area (Å²) in [5, 5.41) is 12.1. The Morgan fingerprint density at radius 3 is 2.89 bits per heavy atom. The highest BCUT2D eigenvalue weighted by Crippen LogP contribution is 2.43. The Morgan fingerprint density at radius 1 is 1.13 bits per heavy atom. The number of hydrogen-bond acceptors (Lipinski definition) is 4. The number of thiophene rings is 1. The minimum atomic E-state index is 0.0467. The molecule has 0 radical (unpaired) electrons. The van der Waals surface area contributed by atoms with Crippen LogP contribution in [0.15, 0.2) is 78.0 Å². The maximum Gasteiger partial charge on any atom is 0.224 e. The van der Waals surface area contributed by atoms with Crippen molar-refractivity contribution in [1.29, 1.82) is 0 Å². The first-order chi connectivity index (χ1) is 18.6. The van der Waals surface area contributed by atoms with Crippen LogP contribution in [0.25, 0.3) is 49.3 Å². The standard InChI is InChI=1S/C31H27N5OS/c1-3-5-29(37)32-21-14-19-12-18(19)13-20(15-21)24-9-10-26-30(34-24)31(36-35-26)27-16-23-22(6-4-7-25(23)33-27)28-11-8-17(2)38-28/h4,6-11,13-16,18,33H,3,5,12H2,1-2H3,(H,32,37)(H,35,36). The van der Waals surface area contributed by atoms with Crippen LogP contribution in [0.5, 0.6) is 0 Å². The Hall–Kier alpha value is -4.23. The number of carbonyl (C=O) groups is 1. The van der Waals surface area contributed by atoms with Crippen LogP contribution < -0.4 is 5.32 Å². The van der Waals surface area contributed by atoms with Crippen LogP contribution in [0, 0.1) is 12.8 Å². The molecule has 2 aliphatic carbocycles. The molecular weight excluding hydrogens is 490 g/mol. The van der Waals surface area contributed by atoms with Crippen LogP contribution in [-0.2, 0) is 4.79 Å². The number of H-pyrrole nitrogens is 2. The molecule has 0 aliphatic heterocycles. The molecule has 38 heavy (non-hydrogen) atoms. The summed E-state index contributed by atoms with van der Waals surface area (Å²) >= 11 is 1.80. The first-order valence-corrected chi connectivity index (χ1v) is 13.9. The molecule has 1 aromatic carbocycles. The van der Waals surface area contributed by atoms with Gasteiger partial charge in [-0.2, -0.15) is 5.10 Å². The maximum atomic E-state index is 12.3. The second-order valence-corrected chi connectivity index (χ2v) is 11.4. The maximum absolute atomic E-state index is 12.3. The summed E-state index contributed by atoms with van der Waals surface area (Å²) in [4.78, 5) is 23.5. The van der Waals surface area contributed by atoms with Gasteiger partial charge in [0.05, 0.1) is 16.9 Å². The zero-order valence-corrected chi connectivity index (χ0v) is 22.1. The van der Waals surface area contributed by atoms with E-state index in [2.05, 4.69) is 76.0 Å². The fourth-order valence-electron chi connectivity index (χ4n) is 5.21. The fourth-order valence-corrected chi connectivity index (χ4v) is 6.11. The third kappa shape index (κ3) is 4.09. The molecule has 5 aromatic rings. The van der Waals surface area contributed by atoms with Crippen molar-refractivity contribution in [1.82, 2.24) is 25.5 Å². The molecule has 4 heterocycles. The van der Waals surface area contributed by atoms with Gasteiger partial charge in [0.2, 0.25) is 5.91 Å². The van der Waals surface area contributed by atoms with Crippen LogP contribution >= 0.6 is 11.3 Å². The number of aryl methyl sites for hydroxylation is 1. The molecule has 188 valence electrons. The zero-order chi connectivity index (χ0) is 25.8. The highest BCUT2D eigenvalue weighted by atomic mass is 32.1. The Balaban J connectivity index is 1.29. The van der Waals surface area contributed by atoms with Crippen LogP contribution in [0.2, 0.25) is 0 Å². The van der Waals surface area contributed by atoms with Gasteiger partial charge in [-0.3, -0.25) is 9.89 Å². The van der Waals surface area contributed by atoms with Gasteiger partial charge in [0.1, 0.15) is 11.2 Å². The molecule has 2 aliphatic rings. The van der Waals surface area contributed by atoms with Crippen molar-refractivity contribution in [2.45, 2.75) is 33.1 Å². The van der Waals surface area contributed by atoms with E-state index in [-0.39, 0.29) is 5.91 Å². The first kappa shape index (κ1) is 22.9. The molecule has 1 saturated carbocycles. The van der Waals surface area contributed by atoms with E-state index in [1.54, 1.807) is 11.3 Å². The molecule has 6 nitrogen and oxygen atoms in total. The normalized spacial score (nSPS) is 16.6. The lowest BCUT2D eigenvalue weighted by molar-refractivity contribution is -0.120. The molecule has 4 aromatic heterocycles. The molecule has 0 spiro atoms. The van der Waals surface area contributed by atoms with Gasteiger partial charge in [-0.05, 0) is 73.9 Å². The van der Waals surface area contributed by atoms with E-state index in [1.807, 2.05) is 25.1 Å². The fraction of sp³-hybridized carbons (Fsp3) is 0.194. The van der Waals surface area contributed by atoms with Crippen LogP contribution in [0.3, 0.4) is 0 Å². The minimum Gasteiger partial charge on any atom is -0.353 e. The SMILES string of the molecule is CCCC(=O)NC1=CC(c2ccc3[nH]nc(-c4cc5c(-c6ccc(C)s6)cccc5[nH]4)c3n2)=CC2CC2=C1. The van der Waals surface area contributed by atoms with Gasteiger partial charge in [0.25, 0.3) is 0 Å². The van der Waals surface area contributed by atoms with Gasteiger partial charge >= 0.3 is 0 Å². The highest BCUT2D eigenvalue weighted by Gasteiger charge is 2.30. The number of hydrogen-bond donors (Lipinski definition) is 3. The number of benzene rings is 1. The smallest absolute Gasteiger partial charge is 0.224 e. The lowest BCUT2D eigenvalue weighted by Crippen LogP contribution is -2.21. The van der Waals surface area contributed by atoms with Crippen molar-refractivity contribution in [3.8, 4) is 21.8 Å². The summed E-state index contributed by atoms with van der Waals surface area (Å²) < 4.78 is 0. The number of nitrogens with one attached hydrogen (secondary N) is 3. The number of fused-ring (bicyclic) bond motifs is 3. The summed E-state index contributed by atoms with van der Waals surface area (Å²) in [6.07, 6.45) is 8.79. The number of pyridine rings is 1. The van der Waals surface area contributed by atoms with E-state index in [4.69, 9.17) is 4.98 Å². The number of amides is 1. The Bertz CT molecular complexity index is 1830. The Morgan fingerprint density at radius 2 is 2.05 bits per heavy atom. The van der Waals surface area contributed by atoms with Crippen LogP contribution in [0.4, 0.5) is 0 Å². The number of aromatic nitrogens is 4. The molecule has 0 bridgehead atoms. The summed E-state index contributed by atoms with van der Waals surface area (Å²) in [5.41, 5.74) is 9.81. The molecule has 1 fully saturated rings. The molecule has 3 N–H and O–H groups in total. The first-order valence-electron chi connectivity index (χ1n) is 13.0. The second kappa shape index (κ2) is 8.96. The van der Waals surface area contributed by atoms with E-state index in [0.29, 0.717) is 12.3 Å². The quantitative estimate of drug-likeness (QED) is 0.221. The predicted octanol–water partition coefficient (Wildman–Crippen LogP) is 7.29. The van der Waals surface area contributed by atoms with E-state index in [1.165, 1.54) is 26.3 Å². The van der Waals surface area contributed by atoms with E-state index in [9.17, 15) is 4.79 Å². The summed E-state index contributed by atoms with van der Waals surface area (Å²) in [7, 11) is 0. The Labute approximate surface area is 224 Å². The van der Waals surface area contributed by atoms with Crippen LogP contribution in [0.1, 0.15) is 36.8 Å². The molecule has 0 saturated heterocycles. The van der Waals surface area contributed by atoms with Crippen molar-refractivity contribution < 1.29 is 4.79 Å². The highest BCUT2D eigenvalue weighted by molar-refractivity contribution is 7.15. The number of nitrogens with zero attached hydrogens (tertiary/aromatic N) is 2. The monoisotopic (exact) mass is 517 g/mol. The van der Waals surface area contributed by atoms with Crippen molar-refractivity contribution >= 4 is 44.8 Å². The van der Waals surface area contributed by atoms with Gasteiger partial charge in [0.15, 0.2) is 0 Å². The largest absolute Gasteiger partial charge is 0.353 e. The second-order valence-electron chi connectivity index (χ2n) is 10.1. The zero-order valence-electron chi connectivity index (χ0n) is 21.3. The summed E-state index contributed by atoms with van der Waals surface area (Å²) in [6, 6.07) is 17.0. The minimum absolute atomic E-state index is 0.0467. The summed E-state index contributed by atoms with van der Waals surface area (Å²) in [6.45, 7) is 4.15. The van der Waals surface area contributed by atoms with Gasteiger partial charge in [-0.1, -0.05) is 30.7 Å². The molecule has 1 atom stereocenters. The molecule has 1 unspecified atom stereocenters. The van der Waals surface area contributed by atoms with Crippen LogP contribution in [-0.4, -0.2) is 26.1 Å². The predicted molar refractivity (Wildman–Crippen MR) is 155 cm³/mol. The number of aromatic amines is 2. The van der Waals surface area contributed by atoms with Gasteiger partial charge < -0.3 is 10.3 Å². The average Bonchev–Trinajstić information content (AvgIpc) is 3.22. The van der Waals surface area contributed by atoms with E-state index < -0.39 is 0 Å². The lowest BCUT2D eigenvalue weighted by atomic mass is 10.1. The van der Waals surface area contributed by atoms with E-state index in [0.717, 1.165) is 57.7 Å². The molecule has 7 heteroatoms. The van der Waals surface area contributed by atoms with Gasteiger partial charge in [-0.25, -0.2) is 4.98 Å². The van der Waals surface area contributed by atoms with Crippen molar-refractivity contribution in [3.05, 3.63) is 88.6 Å². The topological polar surface area (TPSA) is 86.5 Å². The van der Waals surface area contributed by atoms with Gasteiger partial charge in [0, 0.05) is 44.3 Å². The van der Waals surface area contributed by atoms with Crippen molar-refractivity contribution in [2.75, 3.05) is 0 Å². The Kier molecular flexibility index (Phi) is 5.40. The average molecular weight is 518 g/mol. The molecule has 7 rings (SSSR count). The van der Waals surface area contributed by atoms with Gasteiger partial charge in [-0.15, -0.1) is 11.3 Å². The summed E-state index contributed by atoms with van der Waals surface area (Å²) in [5.74, 6) is 0.460. The lowest BCUT2D eigenvalue weighted by Gasteiger charge is -2.07. The number of rotatable bonds is 6. The number of carbonyl (C=O) groups excluding carboxylic acids is 1. The van der Waals surface area contributed by atoms with Crippen molar-refractivity contribution in [3.63, 3.8) is 0 Å². The van der Waals surface area contributed by atoms with E-state index >= 15 is 0 Å².